The quantitative estimate of drug-likeness (QED) is 0.829. The molecule has 0 aliphatic heterocycles. The fraction of sp³-hybridized carbons (Fsp3) is 0.429. The molecule has 0 aliphatic rings. The molecule has 1 aromatic carbocycles. The summed E-state index contributed by atoms with van der Waals surface area (Å²) in [5, 5.41) is 12.6. The van der Waals surface area contributed by atoms with E-state index in [1.54, 1.807) is 20.8 Å². The number of carbonyl (C=O) groups excluding carboxylic acids is 2. The molecule has 0 bridgehead atoms. The summed E-state index contributed by atoms with van der Waals surface area (Å²) in [5.41, 5.74) is -0.501. The van der Waals surface area contributed by atoms with Crippen molar-refractivity contribution in [3.8, 4) is 0 Å². The highest BCUT2D eigenvalue weighted by molar-refractivity contribution is 6.36. The first kappa shape index (κ1) is 17.8. The molecule has 0 spiro atoms. The Morgan fingerprint density at radius 1 is 1.33 bits per heavy atom. The Hall–Kier alpha value is -1.30. The third kappa shape index (κ3) is 5.91. The first-order valence-electron chi connectivity index (χ1n) is 6.24. The van der Waals surface area contributed by atoms with Gasteiger partial charge in [0.2, 0.25) is 0 Å². The Bertz CT molecular complexity index is 540. The molecule has 1 aromatic rings. The molecule has 7 heteroatoms. The predicted molar refractivity (Wildman–Crippen MR) is 80.6 cm³/mol. The van der Waals surface area contributed by atoms with Crippen molar-refractivity contribution in [3.63, 3.8) is 0 Å². The summed E-state index contributed by atoms with van der Waals surface area (Å²) in [7, 11) is 0. The minimum Gasteiger partial charge on any atom is -0.458 e. The molecule has 0 unspecified atom stereocenters. The van der Waals surface area contributed by atoms with Gasteiger partial charge in [0.05, 0.1) is 17.1 Å². The SMILES string of the molecule is CC(C)(C)OC(=O)[C@@H](O)CNC(=O)c1ccc(Cl)cc1Cl. The highest BCUT2D eigenvalue weighted by atomic mass is 35.5. The summed E-state index contributed by atoms with van der Waals surface area (Å²) in [5.74, 6) is -1.32. The number of halogens is 2. The number of hydrogen-bond donors (Lipinski definition) is 2. The van der Waals surface area contributed by atoms with E-state index in [9.17, 15) is 14.7 Å². The number of amides is 1. The fourth-order valence-electron chi connectivity index (χ4n) is 1.41. The Balaban J connectivity index is 2.58. The summed E-state index contributed by atoms with van der Waals surface area (Å²) >= 11 is 11.6. The number of aliphatic hydroxyl groups is 1. The van der Waals surface area contributed by atoms with Crippen LogP contribution in [0.2, 0.25) is 10.0 Å². The van der Waals surface area contributed by atoms with Crippen LogP contribution in [0.4, 0.5) is 0 Å². The van der Waals surface area contributed by atoms with Crippen LogP contribution < -0.4 is 5.32 Å². The Labute approximate surface area is 133 Å². The summed E-state index contributed by atoms with van der Waals surface area (Å²) in [4.78, 5) is 23.4. The van der Waals surface area contributed by atoms with Crippen molar-refractivity contribution >= 4 is 35.1 Å². The predicted octanol–water partition coefficient (Wildman–Crippen LogP) is 2.43. The molecule has 1 atom stereocenters. The second-order valence-electron chi connectivity index (χ2n) is 5.38. The first-order valence-corrected chi connectivity index (χ1v) is 7.00. The summed E-state index contributed by atoms with van der Waals surface area (Å²) in [6.45, 7) is 4.78. The van der Waals surface area contributed by atoms with Gasteiger partial charge >= 0.3 is 5.97 Å². The first-order chi connectivity index (χ1) is 9.60. The summed E-state index contributed by atoms with van der Waals surface area (Å²) in [6.07, 6.45) is -1.45. The lowest BCUT2D eigenvalue weighted by atomic mass is 10.2. The standard InChI is InChI=1S/C14H17Cl2NO4/c1-14(2,3)21-13(20)11(18)7-17-12(19)9-5-4-8(15)6-10(9)16/h4-6,11,18H,7H2,1-3H3,(H,17,19)/t11-/m0/s1. The monoisotopic (exact) mass is 333 g/mol. The maximum absolute atomic E-state index is 11.9. The average Bonchev–Trinajstić information content (AvgIpc) is 2.33. The van der Waals surface area contributed by atoms with Crippen LogP contribution in [0.15, 0.2) is 18.2 Å². The lowest BCUT2D eigenvalue weighted by molar-refractivity contribution is -0.164. The van der Waals surface area contributed by atoms with Gasteiger partial charge in [-0.15, -0.1) is 0 Å². The molecule has 116 valence electrons. The van der Waals surface area contributed by atoms with Gasteiger partial charge in [0.25, 0.3) is 5.91 Å². The maximum Gasteiger partial charge on any atom is 0.337 e. The third-order valence-corrected chi connectivity index (χ3v) is 2.86. The molecular weight excluding hydrogens is 317 g/mol. The van der Waals surface area contributed by atoms with Gasteiger partial charge in [-0.1, -0.05) is 23.2 Å². The molecule has 21 heavy (non-hydrogen) atoms. The van der Waals surface area contributed by atoms with Crippen LogP contribution in [-0.2, 0) is 9.53 Å². The Morgan fingerprint density at radius 2 is 1.95 bits per heavy atom. The van der Waals surface area contributed by atoms with Gasteiger partial charge in [-0.05, 0) is 39.0 Å². The van der Waals surface area contributed by atoms with Crippen molar-refractivity contribution in [2.75, 3.05) is 6.54 Å². The van der Waals surface area contributed by atoms with Gasteiger partial charge in [0, 0.05) is 5.02 Å². The van der Waals surface area contributed by atoms with Crippen LogP contribution in [0, 0.1) is 0 Å². The van der Waals surface area contributed by atoms with Crippen LogP contribution >= 0.6 is 23.2 Å². The second-order valence-corrected chi connectivity index (χ2v) is 6.23. The van der Waals surface area contributed by atoms with E-state index < -0.39 is 23.6 Å². The molecule has 5 nitrogen and oxygen atoms in total. The van der Waals surface area contributed by atoms with Crippen LogP contribution in [0.1, 0.15) is 31.1 Å². The number of benzene rings is 1. The van der Waals surface area contributed by atoms with Crippen molar-refractivity contribution in [1.82, 2.24) is 5.32 Å². The molecule has 0 saturated heterocycles. The van der Waals surface area contributed by atoms with Crippen molar-refractivity contribution in [2.24, 2.45) is 0 Å². The van der Waals surface area contributed by atoms with E-state index in [1.807, 2.05) is 0 Å². The van der Waals surface area contributed by atoms with Gasteiger partial charge in [-0.3, -0.25) is 4.79 Å². The zero-order valence-electron chi connectivity index (χ0n) is 11.9. The molecule has 0 aromatic heterocycles. The molecule has 0 saturated carbocycles. The second kappa shape index (κ2) is 7.11. The van der Waals surface area contributed by atoms with Crippen LogP contribution in [0.3, 0.4) is 0 Å². The molecular formula is C14H17Cl2NO4. The van der Waals surface area contributed by atoms with Gasteiger partial charge in [-0.2, -0.15) is 0 Å². The molecule has 0 heterocycles. The zero-order chi connectivity index (χ0) is 16.2. The molecule has 0 radical (unpaired) electrons. The van der Waals surface area contributed by atoms with E-state index in [-0.39, 0.29) is 17.1 Å². The highest BCUT2D eigenvalue weighted by Crippen LogP contribution is 2.20. The average molecular weight is 334 g/mol. The van der Waals surface area contributed by atoms with Crippen LogP contribution in [0.25, 0.3) is 0 Å². The smallest absolute Gasteiger partial charge is 0.337 e. The van der Waals surface area contributed by atoms with E-state index in [2.05, 4.69) is 5.32 Å². The number of ether oxygens (including phenoxy) is 1. The van der Waals surface area contributed by atoms with Crippen molar-refractivity contribution in [3.05, 3.63) is 33.8 Å². The fourth-order valence-corrected chi connectivity index (χ4v) is 1.91. The van der Waals surface area contributed by atoms with Gasteiger partial charge in [-0.25, -0.2) is 4.79 Å². The van der Waals surface area contributed by atoms with Crippen LogP contribution in [0.5, 0.6) is 0 Å². The third-order valence-electron chi connectivity index (χ3n) is 2.31. The Morgan fingerprint density at radius 3 is 2.48 bits per heavy atom. The lowest BCUT2D eigenvalue weighted by Gasteiger charge is -2.21. The van der Waals surface area contributed by atoms with Crippen molar-refractivity contribution < 1.29 is 19.4 Å². The normalized spacial score (nSPS) is 12.7. The lowest BCUT2D eigenvalue weighted by Crippen LogP contribution is -2.40. The number of rotatable bonds is 4. The number of nitrogens with one attached hydrogen (secondary N) is 1. The van der Waals surface area contributed by atoms with E-state index in [0.29, 0.717) is 5.02 Å². The van der Waals surface area contributed by atoms with E-state index >= 15 is 0 Å². The number of carbonyl (C=O) groups is 2. The summed E-state index contributed by atoms with van der Waals surface area (Å²) in [6, 6.07) is 4.41. The van der Waals surface area contributed by atoms with Gasteiger partial charge in [0.15, 0.2) is 6.10 Å². The van der Waals surface area contributed by atoms with Crippen LogP contribution in [-0.4, -0.2) is 35.2 Å². The maximum atomic E-state index is 11.9. The topological polar surface area (TPSA) is 75.6 Å². The number of esters is 1. The van der Waals surface area contributed by atoms with E-state index in [0.717, 1.165) is 0 Å². The Kier molecular flexibility index (Phi) is 6.01. The molecule has 1 amide bonds. The van der Waals surface area contributed by atoms with E-state index in [4.69, 9.17) is 27.9 Å². The zero-order valence-corrected chi connectivity index (χ0v) is 13.5. The van der Waals surface area contributed by atoms with Gasteiger partial charge < -0.3 is 15.2 Å². The molecule has 2 N–H and O–H groups in total. The minimum atomic E-state index is -1.45. The highest BCUT2D eigenvalue weighted by Gasteiger charge is 2.24. The molecule has 0 fully saturated rings. The summed E-state index contributed by atoms with van der Waals surface area (Å²) < 4.78 is 4.99. The van der Waals surface area contributed by atoms with E-state index in [1.165, 1.54) is 18.2 Å². The van der Waals surface area contributed by atoms with Crippen molar-refractivity contribution in [2.45, 2.75) is 32.5 Å². The largest absolute Gasteiger partial charge is 0.458 e. The molecule has 1 rings (SSSR count). The van der Waals surface area contributed by atoms with Crippen molar-refractivity contribution in [1.29, 1.82) is 0 Å². The molecule has 0 aliphatic carbocycles. The number of hydrogen-bond acceptors (Lipinski definition) is 4. The van der Waals surface area contributed by atoms with Gasteiger partial charge in [0.1, 0.15) is 5.60 Å². The minimum absolute atomic E-state index is 0.187. The number of aliphatic hydroxyl groups excluding tert-OH is 1.